The van der Waals surface area contributed by atoms with Gasteiger partial charge in [0.1, 0.15) is 4.33 Å². The lowest BCUT2D eigenvalue weighted by atomic mass is 10.2. The van der Waals surface area contributed by atoms with E-state index in [4.69, 9.17) is 23.2 Å². The van der Waals surface area contributed by atoms with Gasteiger partial charge in [0, 0.05) is 19.6 Å². The van der Waals surface area contributed by atoms with Gasteiger partial charge < -0.3 is 10.2 Å². The molecular weight excluding hydrogens is 223 g/mol. The van der Waals surface area contributed by atoms with Gasteiger partial charge in [0.25, 0.3) is 0 Å². The second kappa shape index (κ2) is 3.54. The van der Waals surface area contributed by atoms with Gasteiger partial charge in [0.2, 0.25) is 5.91 Å². The molecule has 2 rings (SSSR count). The third-order valence-electron chi connectivity index (χ3n) is 3.05. The summed E-state index contributed by atoms with van der Waals surface area (Å²) in [6, 6.07) is 0.312. The monoisotopic (exact) mass is 236 g/mol. The minimum absolute atomic E-state index is 0.0868. The van der Waals surface area contributed by atoms with E-state index in [-0.39, 0.29) is 11.8 Å². The highest BCUT2D eigenvalue weighted by molar-refractivity contribution is 6.52. The number of carbonyl (C=O) groups excluding carboxylic acids is 1. The lowest BCUT2D eigenvalue weighted by Crippen LogP contribution is -2.40. The molecule has 1 amide bonds. The predicted octanol–water partition coefficient (Wildman–Crippen LogP) is 1.00. The Morgan fingerprint density at radius 3 is 2.64 bits per heavy atom. The minimum atomic E-state index is -0.794. The molecule has 0 aromatic carbocycles. The highest BCUT2D eigenvalue weighted by Gasteiger charge is 2.57. The number of rotatable bonds is 2. The van der Waals surface area contributed by atoms with E-state index >= 15 is 0 Å². The van der Waals surface area contributed by atoms with Gasteiger partial charge in [-0.05, 0) is 19.4 Å². The molecule has 0 aromatic rings. The smallest absolute Gasteiger partial charge is 0.228 e. The number of halogens is 2. The summed E-state index contributed by atoms with van der Waals surface area (Å²) in [7, 11) is 1.84. The number of likely N-dealkylation sites (N-methyl/N-ethyl adjacent to an activating group) is 1. The van der Waals surface area contributed by atoms with Crippen molar-refractivity contribution in [2.75, 3.05) is 20.1 Å². The van der Waals surface area contributed by atoms with Crippen LogP contribution < -0.4 is 5.32 Å². The van der Waals surface area contributed by atoms with Crippen LogP contribution in [0, 0.1) is 5.92 Å². The number of nitrogens with one attached hydrogen (secondary N) is 1. The van der Waals surface area contributed by atoms with Gasteiger partial charge in [-0.25, -0.2) is 0 Å². The molecule has 2 unspecified atom stereocenters. The van der Waals surface area contributed by atoms with Crippen LogP contribution in [0.25, 0.3) is 0 Å². The van der Waals surface area contributed by atoms with Crippen molar-refractivity contribution in [3.8, 4) is 0 Å². The van der Waals surface area contributed by atoms with Crippen LogP contribution >= 0.6 is 23.2 Å². The van der Waals surface area contributed by atoms with Gasteiger partial charge >= 0.3 is 0 Å². The maximum Gasteiger partial charge on any atom is 0.228 e. The van der Waals surface area contributed by atoms with Crippen LogP contribution in [0.2, 0.25) is 0 Å². The molecule has 80 valence electrons. The van der Waals surface area contributed by atoms with Crippen LogP contribution in [0.5, 0.6) is 0 Å². The van der Waals surface area contributed by atoms with Crippen molar-refractivity contribution in [1.29, 1.82) is 0 Å². The van der Waals surface area contributed by atoms with Gasteiger partial charge in [0.05, 0.1) is 5.92 Å². The van der Waals surface area contributed by atoms with Gasteiger partial charge in [-0.15, -0.1) is 23.2 Å². The molecule has 2 atom stereocenters. The molecule has 0 aromatic heterocycles. The van der Waals surface area contributed by atoms with E-state index < -0.39 is 4.33 Å². The van der Waals surface area contributed by atoms with Crippen molar-refractivity contribution in [3.05, 3.63) is 0 Å². The SMILES string of the molecule is CN(C(=O)C1CC1(Cl)Cl)C1CCNC1. The molecule has 1 saturated carbocycles. The number of amides is 1. The number of alkyl halides is 2. The lowest BCUT2D eigenvalue weighted by Gasteiger charge is -2.24. The predicted molar refractivity (Wildman–Crippen MR) is 56.6 cm³/mol. The van der Waals surface area contributed by atoms with Crippen molar-refractivity contribution in [2.45, 2.75) is 23.2 Å². The zero-order valence-corrected chi connectivity index (χ0v) is 9.61. The van der Waals surface area contributed by atoms with Crippen LogP contribution in [0.3, 0.4) is 0 Å². The largest absolute Gasteiger partial charge is 0.341 e. The molecule has 1 aliphatic carbocycles. The average molecular weight is 237 g/mol. The second-order valence-electron chi connectivity index (χ2n) is 4.11. The van der Waals surface area contributed by atoms with E-state index in [9.17, 15) is 4.79 Å². The molecule has 1 aliphatic heterocycles. The standard InChI is InChI=1S/C9H14Cl2N2O/c1-13(6-2-3-12-5-6)8(14)7-4-9(7,10)11/h6-7,12H,2-5H2,1H3. The van der Waals surface area contributed by atoms with Crippen molar-refractivity contribution in [2.24, 2.45) is 5.92 Å². The zero-order valence-electron chi connectivity index (χ0n) is 8.09. The van der Waals surface area contributed by atoms with Crippen LogP contribution in [0.4, 0.5) is 0 Å². The highest BCUT2D eigenvalue weighted by atomic mass is 35.5. The Labute approximate surface area is 93.7 Å². The number of nitrogens with zero attached hydrogens (tertiary/aromatic N) is 1. The van der Waals surface area contributed by atoms with Crippen molar-refractivity contribution >= 4 is 29.1 Å². The Hall–Kier alpha value is 0.01000. The fraction of sp³-hybridized carbons (Fsp3) is 0.889. The first-order chi connectivity index (χ1) is 6.52. The Kier molecular flexibility index (Phi) is 2.66. The summed E-state index contributed by atoms with van der Waals surface area (Å²) >= 11 is 11.7. The van der Waals surface area contributed by atoms with Crippen LogP contribution in [-0.4, -0.2) is 41.3 Å². The molecular formula is C9H14Cl2N2O. The maximum atomic E-state index is 11.8. The van der Waals surface area contributed by atoms with Crippen LogP contribution in [-0.2, 0) is 4.79 Å². The maximum absolute atomic E-state index is 11.8. The van der Waals surface area contributed by atoms with E-state index in [0.29, 0.717) is 12.5 Å². The normalized spacial score (nSPS) is 34.2. The number of hydrogen-bond donors (Lipinski definition) is 1. The van der Waals surface area contributed by atoms with Crippen molar-refractivity contribution in [3.63, 3.8) is 0 Å². The molecule has 1 saturated heterocycles. The molecule has 3 nitrogen and oxygen atoms in total. The highest BCUT2D eigenvalue weighted by Crippen LogP contribution is 2.53. The Balaban J connectivity index is 1.91. The van der Waals surface area contributed by atoms with Crippen molar-refractivity contribution < 1.29 is 4.79 Å². The van der Waals surface area contributed by atoms with Gasteiger partial charge in [-0.1, -0.05) is 0 Å². The van der Waals surface area contributed by atoms with E-state index in [2.05, 4.69) is 5.32 Å². The fourth-order valence-corrected chi connectivity index (χ4v) is 2.37. The Bertz CT molecular complexity index is 251. The summed E-state index contributed by atoms with van der Waals surface area (Å²) in [5.41, 5.74) is 0. The lowest BCUT2D eigenvalue weighted by molar-refractivity contribution is -0.133. The molecule has 0 spiro atoms. The number of hydrogen-bond acceptors (Lipinski definition) is 2. The zero-order chi connectivity index (χ0) is 10.3. The fourth-order valence-electron chi connectivity index (χ4n) is 1.88. The second-order valence-corrected chi connectivity index (χ2v) is 5.66. The molecule has 5 heteroatoms. The third-order valence-corrected chi connectivity index (χ3v) is 3.89. The van der Waals surface area contributed by atoms with Crippen LogP contribution in [0.1, 0.15) is 12.8 Å². The van der Waals surface area contributed by atoms with E-state index in [0.717, 1.165) is 19.5 Å². The first-order valence-electron chi connectivity index (χ1n) is 4.87. The molecule has 2 aliphatic rings. The molecule has 0 radical (unpaired) electrons. The summed E-state index contributed by atoms with van der Waals surface area (Å²) in [5.74, 6) is -0.0971. The Morgan fingerprint density at radius 1 is 1.57 bits per heavy atom. The first-order valence-corrected chi connectivity index (χ1v) is 5.63. The molecule has 0 bridgehead atoms. The average Bonchev–Trinajstić information content (AvgIpc) is 2.60. The number of carbonyl (C=O) groups is 1. The molecule has 2 fully saturated rings. The van der Waals surface area contributed by atoms with Gasteiger partial charge in [-0.2, -0.15) is 0 Å². The van der Waals surface area contributed by atoms with E-state index in [1.165, 1.54) is 0 Å². The summed E-state index contributed by atoms with van der Waals surface area (Å²) in [4.78, 5) is 13.6. The van der Waals surface area contributed by atoms with Gasteiger partial charge in [0.15, 0.2) is 0 Å². The minimum Gasteiger partial charge on any atom is -0.341 e. The Morgan fingerprint density at radius 2 is 2.21 bits per heavy atom. The molecule has 1 heterocycles. The van der Waals surface area contributed by atoms with Crippen molar-refractivity contribution in [1.82, 2.24) is 10.2 Å². The quantitative estimate of drug-likeness (QED) is 0.726. The van der Waals surface area contributed by atoms with Gasteiger partial charge in [-0.3, -0.25) is 4.79 Å². The van der Waals surface area contributed by atoms with E-state index in [1.54, 1.807) is 4.90 Å². The molecule has 14 heavy (non-hydrogen) atoms. The molecule has 1 N–H and O–H groups in total. The summed E-state index contributed by atoms with van der Waals surface area (Å²) in [6.07, 6.45) is 1.62. The topological polar surface area (TPSA) is 32.3 Å². The van der Waals surface area contributed by atoms with Crippen LogP contribution in [0.15, 0.2) is 0 Å². The first kappa shape index (κ1) is 10.5. The third kappa shape index (κ3) is 1.86. The summed E-state index contributed by atoms with van der Waals surface area (Å²) < 4.78 is -0.794. The van der Waals surface area contributed by atoms with E-state index in [1.807, 2.05) is 7.05 Å². The summed E-state index contributed by atoms with van der Waals surface area (Å²) in [5, 5.41) is 3.23. The summed E-state index contributed by atoms with van der Waals surface area (Å²) in [6.45, 7) is 1.87.